The summed E-state index contributed by atoms with van der Waals surface area (Å²) in [4.78, 5) is 0. The summed E-state index contributed by atoms with van der Waals surface area (Å²) in [6.45, 7) is 0. The molecule has 0 aliphatic carbocycles. The van der Waals surface area contributed by atoms with Crippen molar-refractivity contribution in [2.45, 2.75) is 0 Å². The highest BCUT2D eigenvalue weighted by Crippen LogP contribution is 2.44. The molecule has 0 radical (unpaired) electrons. The standard InChI is InChI=1S/C48H30/c1-2-13-33-27-36(24-23-31(33)11-1)34-15-9-16-35(28-34)37-25-26-44-45(29-37)40-18-5-6-19-41(40)47-30-46(42-20-7-8-21-43(42)48(44)47)39-22-10-14-32-12-3-4-17-38(32)39/h1-30H. The summed E-state index contributed by atoms with van der Waals surface area (Å²) < 4.78 is 0. The van der Waals surface area contributed by atoms with Crippen LogP contribution in [0.3, 0.4) is 0 Å². The second kappa shape index (κ2) is 10.7. The Balaban J connectivity index is 1.22. The Kier molecular flexibility index (Phi) is 5.98. The SMILES string of the molecule is c1cc(-c2ccc3ccccc3c2)cc(-c2ccc3c(c2)c2ccccc2c2cc(-c4cccc5ccccc45)c4ccccc4c32)c1. The van der Waals surface area contributed by atoms with Gasteiger partial charge >= 0.3 is 0 Å². The lowest BCUT2D eigenvalue weighted by atomic mass is 9.86. The molecular weight excluding hydrogens is 577 g/mol. The molecule has 48 heavy (non-hydrogen) atoms. The largest absolute Gasteiger partial charge is 0.0616 e. The van der Waals surface area contributed by atoms with Crippen LogP contribution in [0.25, 0.3) is 98.0 Å². The van der Waals surface area contributed by atoms with Crippen molar-refractivity contribution >= 4 is 64.6 Å². The Morgan fingerprint density at radius 1 is 0.208 bits per heavy atom. The molecule has 0 saturated carbocycles. The van der Waals surface area contributed by atoms with Crippen molar-refractivity contribution in [3.63, 3.8) is 0 Å². The first-order chi connectivity index (χ1) is 23.8. The lowest BCUT2D eigenvalue weighted by molar-refractivity contribution is 1.62. The molecule has 0 aromatic heterocycles. The van der Waals surface area contributed by atoms with Crippen molar-refractivity contribution in [2.24, 2.45) is 0 Å². The number of hydrogen-bond donors (Lipinski definition) is 0. The van der Waals surface area contributed by atoms with Crippen molar-refractivity contribution in [1.82, 2.24) is 0 Å². The van der Waals surface area contributed by atoms with Gasteiger partial charge in [-0.25, -0.2) is 0 Å². The van der Waals surface area contributed by atoms with Gasteiger partial charge in [-0.3, -0.25) is 0 Å². The molecule has 0 nitrogen and oxygen atoms in total. The summed E-state index contributed by atoms with van der Waals surface area (Å²) in [5, 5.41) is 15.4. The molecule has 222 valence electrons. The van der Waals surface area contributed by atoms with Gasteiger partial charge in [-0.1, -0.05) is 158 Å². The van der Waals surface area contributed by atoms with E-state index in [1.807, 2.05) is 0 Å². The number of benzene rings is 10. The molecule has 10 rings (SSSR count). The van der Waals surface area contributed by atoms with Crippen LogP contribution in [0.1, 0.15) is 0 Å². The molecule has 0 atom stereocenters. The van der Waals surface area contributed by atoms with Crippen LogP contribution in [0.4, 0.5) is 0 Å². The van der Waals surface area contributed by atoms with E-state index < -0.39 is 0 Å². The smallest absolute Gasteiger partial charge is 0.00199 e. The quantitative estimate of drug-likeness (QED) is 0.176. The minimum absolute atomic E-state index is 1.22. The van der Waals surface area contributed by atoms with Crippen molar-refractivity contribution in [3.05, 3.63) is 182 Å². The van der Waals surface area contributed by atoms with Gasteiger partial charge in [-0.2, -0.15) is 0 Å². The Hall–Kier alpha value is -6.24. The normalized spacial score (nSPS) is 11.8. The van der Waals surface area contributed by atoms with E-state index in [4.69, 9.17) is 0 Å². The minimum atomic E-state index is 1.22. The zero-order valence-corrected chi connectivity index (χ0v) is 26.3. The van der Waals surface area contributed by atoms with E-state index in [9.17, 15) is 0 Å². The molecule has 0 unspecified atom stereocenters. The van der Waals surface area contributed by atoms with Gasteiger partial charge in [0, 0.05) is 0 Å². The molecular formula is C48H30. The van der Waals surface area contributed by atoms with Crippen LogP contribution < -0.4 is 0 Å². The van der Waals surface area contributed by atoms with E-state index in [0.29, 0.717) is 0 Å². The maximum atomic E-state index is 2.45. The first-order valence-electron chi connectivity index (χ1n) is 16.7. The summed E-state index contributed by atoms with van der Waals surface area (Å²) in [6, 6.07) is 67.1. The highest BCUT2D eigenvalue weighted by molar-refractivity contribution is 6.33. The van der Waals surface area contributed by atoms with Gasteiger partial charge in [0.2, 0.25) is 0 Å². The molecule has 0 bridgehead atoms. The van der Waals surface area contributed by atoms with Crippen LogP contribution >= 0.6 is 0 Å². The fraction of sp³-hybridized carbons (Fsp3) is 0. The van der Waals surface area contributed by atoms with E-state index in [0.717, 1.165) is 0 Å². The molecule has 0 heterocycles. The first kappa shape index (κ1) is 26.9. The third-order valence-corrected chi connectivity index (χ3v) is 10.2. The van der Waals surface area contributed by atoms with E-state index in [-0.39, 0.29) is 0 Å². The molecule has 0 spiro atoms. The van der Waals surface area contributed by atoms with Crippen LogP contribution in [0, 0.1) is 0 Å². The van der Waals surface area contributed by atoms with Crippen LogP contribution in [0.15, 0.2) is 182 Å². The second-order valence-electron chi connectivity index (χ2n) is 12.9. The Bertz CT molecular complexity index is 2890. The van der Waals surface area contributed by atoms with Gasteiger partial charge in [-0.05, 0) is 122 Å². The van der Waals surface area contributed by atoms with E-state index in [1.165, 1.54) is 98.0 Å². The Morgan fingerprint density at radius 2 is 0.750 bits per heavy atom. The monoisotopic (exact) mass is 606 g/mol. The second-order valence-corrected chi connectivity index (χ2v) is 12.9. The third-order valence-electron chi connectivity index (χ3n) is 10.2. The fourth-order valence-corrected chi connectivity index (χ4v) is 7.93. The van der Waals surface area contributed by atoms with Crippen LogP contribution in [-0.2, 0) is 0 Å². The zero-order valence-electron chi connectivity index (χ0n) is 26.3. The summed E-state index contributed by atoms with van der Waals surface area (Å²) in [7, 11) is 0. The summed E-state index contributed by atoms with van der Waals surface area (Å²) in [5.74, 6) is 0. The van der Waals surface area contributed by atoms with Gasteiger partial charge in [0.25, 0.3) is 0 Å². The van der Waals surface area contributed by atoms with Gasteiger partial charge in [0.1, 0.15) is 0 Å². The Morgan fingerprint density at radius 3 is 1.56 bits per heavy atom. The molecule has 0 heteroatoms. The van der Waals surface area contributed by atoms with E-state index >= 15 is 0 Å². The summed E-state index contributed by atoms with van der Waals surface area (Å²) >= 11 is 0. The average Bonchev–Trinajstić information content (AvgIpc) is 3.17. The maximum absolute atomic E-state index is 2.45. The zero-order chi connectivity index (χ0) is 31.6. The molecule has 10 aromatic carbocycles. The van der Waals surface area contributed by atoms with Crippen molar-refractivity contribution in [1.29, 1.82) is 0 Å². The summed E-state index contributed by atoms with van der Waals surface area (Å²) in [5.41, 5.74) is 7.47. The van der Waals surface area contributed by atoms with Crippen molar-refractivity contribution in [2.75, 3.05) is 0 Å². The molecule has 0 fully saturated rings. The lowest BCUT2D eigenvalue weighted by Crippen LogP contribution is -1.90. The predicted octanol–water partition coefficient (Wildman–Crippen LogP) is 13.6. The molecule has 0 saturated heterocycles. The predicted molar refractivity (Wildman–Crippen MR) is 208 cm³/mol. The van der Waals surface area contributed by atoms with Gasteiger partial charge in [-0.15, -0.1) is 0 Å². The van der Waals surface area contributed by atoms with Crippen LogP contribution in [-0.4, -0.2) is 0 Å². The van der Waals surface area contributed by atoms with Crippen LogP contribution in [0.2, 0.25) is 0 Å². The van der Waals surface area contributed by atoms with E-state index in [2.05, 4.69) is 182 Å². The molecule has 0 amide bonds. The van der Waals surface area contributed by atoms with E-state index in [1.54, 1.807) is 0 Å². The van der Waals surface area contributed by atoms with Gasteiger partial charge in [0.15, 0.2) is 0 Å². The molecule has 10 aromatic rings. The lowest BCUT2D eigenvalue weighted by Gasteiger charge is -2.18. The molecule has 0 aliphatic rings. The van der Waals surface area contributed by atoms with Crippen LogP contribution in [0.5, 0.6) is 0 Å². The minimum Gasteiger partial charge on any atom is -0.0616 e. The highest BCUT2D eigenvalue weighted by atomic mass is 14.2. The Labute approximate surface area is 279 Å². The van der Waals surface area contributed by atoms with Gasteiger partial charge < -0.3 is 0 Å². The third kappa shape index (κ3) is 4.16. The number of rotatable bonds is 3. The number of hydrogen-bond acceptors (Lipinski definition) is 0. The number of fused-ring (bicyclic) bond motifs is 10. The molecule has 0 N–H and O–H groups in total. The van der Waals surface area contributed by atoms with Gasteiger partial charge in [0.05, 0.1) is 0 Å². The topological polar surface area (TPSA) is 0 Å². The first-order valence-corrected chi connectivity index (χ1v) is 16.7. The molecule has 0 aliphatic heterocycles. The maximum Gasteiger partial charge on any atom is -0.00199 e. The van der Waals surface area contributed by atoms with Crippen molar-refractivity contribution < 1.29 is 0 Å². The fourth-order valence-electron chi connectivity index (χ4n) is 7.93. The van der Waals surface area contributed by atoms with Crippen molar-refractivity contribution in [3.8, 4) is 33.4 Å². The summed E-state index contributed by atoms with van der Waals surface area (Å²) in [6.07, 6.45) is 0. The highest BCUT2D eigenvalue weighted by Gasteiger charge is 2.17. The average molecular weight is 607 g/mol.